The molecule has 1 amide bonds. The normalized spacial score (nSPS) is 17.6. The summed E-state index contributed by atoms with van der Waals surface area (Å²) in [5.74, 6) is -0.430. The smallest absolute Gasteiger partial charge is 0.411 e. The Hall–Kier alpha value is -2.11. The summed E-state index contributed by atoms with van der Waals surface area (Å²) < 4.78 is 14.3. The summed E-state index contributed by atoms with van der Waals surface area (Å²) in [4.78, 5) is 15.4. The molecule has 1 N–H and O–H groups in total. The predicted molar refractivity (Wildman–Crippen MR) is 97.9 cm³/mol. The van der Waals surface area contributed by atoms with Gasteiger partial charge in [0.05, 0.1) is 5.69 Å². The fourth-order valence-electron chi connectivity index (χ4n) is 3.34. The molecular weight excluding hydrogens is 343 g/mol. The Bertz CT molecular complexity index is 784. The number of hydrogen-bond donors (Lipinski definition) is 1. The monoisotopic (exact) mass is 362 g/mol. The summed E-state index contributed by atoms with van der Waals surface area (Å²) in [6, 6.07) is 11.4. The maximum Gasteiger partial charge on any atom is 0.411 e. The highest BCUT2D eigenvalue weighted by Crippen LogP contribution is 2.34. The lowest BCUT2D eigenvalue weighted by molar-refractivity contribution is 0.198. The third-order valence-corrected chi connectivity index (χ3v) is 4.94. The van der Waals surface area contributed by atoms with Crippen LogP contribution in [0.2, 0.25) is 5.02 Å². The lowest BCUT2D eigenvalue weighted by atomic mass is 10.0. The van der Waals surface area contributed by atoms with E-state index in [4.69, 9.17) is 11.6 Å². The van der Waals surface area contributed by atoms with E-state index in [1.54, 1.807) is 24.3 Å². The number of hydrogen-bond acceptors (Lipinski definition) is 2. The van der Waals surface area contributed by atoms with Gasteiger partial charge in [-0.25, -0.2) is 9.18 Å². The topological polar surface area (TPSA) is 43.8 Å². The van der Waals surface area contributed by atoms with E-state index in [1.807, 2.05) is 7.05 Å². The van der Waals surface area contributed by atoms with Gasteiger partial charge in [0.2, 0.25) is 0 Å². The third-order valence-electron chi connectivity index (χ3n) is 4.71. The van der Waals surface area contributed by atoms with Gasteiger partial charge in [-0.1, -0.05) is 29.8 Å². The number of likely N-dealkylation sites (N-methyl/N-ethyl adjacent to an activating group) is 1. The number of nitrogens with zero attached hydrogens (tertiary/aromatic N) is 2. The Morgan fingerprint density at radius 1 is 1.32 bits per heavy atom. The van der Waals surface area contributed by atoms with E-state index in [-0.39, 0.29) is 6.04 Å². The molecule has 0 aliphatic carbocycles. The van der Waals surface area contributed by atoms with E-state index in [2.05, 4.69) is 4.90 Å². The zero-order valence-corrected chi connectivity index (χ0v) is 14.7. The molecule has 0 aromatic heterocycles. The van der Waals surface area contributed by atoms with Gasteiger partial charge >= 0.3 is 6.09 Å². The van der Waals surface area contributed by atoms with Crippen LogP contribution in [0, 0.1) is 5.82 Å². The van der Waals surface area contributed by atoms with Crippen molar-refractivity contribution in [2.45, 2.75) is 18.9 Å². The highest BCUT2D eigenvalue weighted by atomic mass is 35.5. The Morgan fingerprint density at radius 3 is 2.76 bits per heavy atom. The number of rotatable bonds is 4. The van der Waals surface area contributed by atoms with E-state index in [9.17, 15) is 14.3 Å². The number of para-hydroxylation sites is 1. The molecule has 0 radical (unpaired) electrons. The average molecular weight is 363 g/mol. The van der Waals surface area contributed by atoms with Gasteiger partial charge in [-0.3, -0.25) is 4.90 Å². The van der Waals surface area contributed by atoms with Crippen molar-refractivity contribution in [3.8, 4) is 11.1 Å². The number of halogens is 2. The van der Waals surface area contributed by atoms with Crippen molar-refractivity contribution in [3.63, 3.8) is 0 Å². The minimum absolute atomic E-state index is 0.161. The number of benzene rings is 2. The van der Waals surface area contributed by atoms with Gasteiger partial charge in [0.1, 0.15) is 5.82 Å². The van der Waals surface area contributed by atoms with Crippen LogP contribution in [0.1, 0.15) is 12.8 Å². The summed E-state index contributed by atoms with van der Waals surface area (Å²) in [5, 5.41) is 10.2. The standard InChI is InChI=1S/C19H20ClFN2O2/c1-22-10-4-5-14(22)12-23(19(24)25)18-7-3-2-6-15(18)16-11-13(20)8-9-17(16)21/h2-3,6-9,11,14H,4-5,10,12H2,1H3,(H,24,25)/t14-/m0/s1. The highest BCUT2D eigenvalue weighted by molar-refractivity contribution is 6.30. The molecule has 6 heteroatoms. The maximum atomic E-state index is 14.3. The molecule has 1 fully saturated rings. The van der Waals surface area contributed by atoms with E-state index in [0.717, 1.165) is 19.4 Å². The van der Waals surface area contributed by atoms with Crippen LogP contribution in [0.5, 0.6) is 0 Å². The van der Waals surface area contributed by atoms with Crippen LogP contribution in [0.25, 0.3) is 11.1 Å². The predicted octanol–water partition coefficient (Wildman–Crippen LogP) is 4.72. The molecule has 4 nitrogen and oxygen atoms in total. The molecule has 132 valence electrons. The van der Waals surface area contributed by atoms with E-state index >= 15 is 0 Å². The SMILES string of the molecule is CN1CCC[C@H]1CN(C(=O)O)c1ccccc1-c1cc(Cl)ccc1F. The number of carbonyl (C=O) groups is 1. The molecule has 0 saturated carbocycles. The highest BCUT2D eigenvalue weighted by Gasteiger charge is 2.28. The van der Waals surface area contributed by atoms with Crippen LogP contribution >= 0.6 is 11.6 Å². The fraction of sp³-hybridized carbons (Fsp3) is 0.316. The summed E-state index contributed by atoms with van der Waals surface area (Å²) in [5.41, 5.74) is 1.29. The molecule has 0 unspecified atom stereocenters. The third kappa shape index (κ3) is 3.78. The molecule has 1 aliphatic rings. The molecule has 3 rings (SSSR count). The lowest BCUT2D eigenvalue weighted by Gasteiger charge is -2.28. The molecule has 2 aromatic rings. The van der Waals surface area contributed by atoms with Crippen LogP contribution in [0.4, 0.5) is 14.9 Å². The summed E-state index contributed by atoms with van der Waals surface area (Å²) in [7, 11) is 2.00. The molecule has 1 heterocycles. The van der Waals surface area contributed by atoms with E-state index in [1.165, 1.54) is 23.1 Å². The van der Waals surface area contributed by atoms with Crippen LogP contribution in [0.15, 0.2) is 42.5 Å². The van der Waals surface area contributed by atoms with Gasteiger partial charge in [-0.15, -0.1) is 0 Å². The molecule has 2 aromatic carbocycles. The molecule has 1 saturated heterocycles. The van der Waals surface area contributed by atoms with Gasteiger partial charge in [0.25, 0.3) is 0 Å². The first-order valence-corrected chi connectivity index (χ1v) is 8.60. The molecule has 0 spiro atoms. The van der Waals surface area contributed by atoms with Gasteiger partial charge in [0.15, 0.2) is 0 Å². The first kappa shape index (κ1) is 17.7. The maximum absolute atomic E-state index is 14.3. The largest absolute Gasteiger partial charge is 0.465 e. The van der Waals surface area contributed by atoms with Gasteiger partial charge in [-0.2, -0.15) is 0 Å². The van der Waals surface area contributed by atoms with Crippen LogP contribution in [0.3, 0.4) is 0 Å². The summed E-state index contributed by atoms with van der Waals surface area (Å²) in [6.45, 7) is 1.31. The van der Waals surface area contributed by atoms with Crippen LogP contribution < -0.4 is 4.90 Å². The van der Waals surface area contributed by atoms with Crippen molar-refractivity contribution in [2.75, 3.05) is 25.0 Å². The quantitative estimate of drug-likeness (QED) is 0.855. The fourth-order valence-corrected chi connectivity index (χ4v) is 3.51. The molecule has 1 atom stereocenters. The van der Waals surface area contributed by atoms with Crippen LogP contribution in [-0.2, 0) is 0 Å². The number of carboxylic acid groups (broad SMARTS) is 1. The molecule has 1 aliphatic heterocycles. The van der Waals surface area contributed by atoms with E-state index < -0.39 is 11.9 Å². The number of anilines is 1. The average Bonchev–Trinajstić information content (AvgIpc) is 2.99. The second-order valence-corrected chi connectivity index (χ2v) is 6.75. The molecular formula is C19H20ClFN2O2. The minimum Gasteiger partial charge on any atom is -0.465 e. The van der Waals surface area contributed by atoms with Crippen molar-refractivity contribution in [1.82, 2.24) is 4.90 Å². The Balaban J connectivity index is 2.02. The zero-order valence-electron chi connectivity index (χ0n) is 14.0. The Labute approximate surface area is 151 Å². The van der Waals surface area contributed by atoms with Gasteiger partial charge in [-0.05, 0) is 50.7 Å². The lowest BCUT2D eigenvalue weighted by Crippen LogP contribution is -2.41. The zero-order chi connectivity index (χ0) is 18.0. The second kappa shape index (κ2) is 7.42. The molecule has 25 heavy (non-hydrogen) atoms. The minimum atomic E-state index is -1.05. The van der Waals surface area contributed by atoms with Crippen molar-refractivity contribution < 1.29 is 14.3 Å². The van der Waals surface area contributed by atoms with Crippen molar-refractivity contribution >= 4 is 23.4 Å². The van der Waals surface area contributed by atoms with Gasteiger partial charge in [0, 0.05) is 28.7 Å². The Morgan fingerprint density at radius 2 is 2.08 bits per heavy atom. The second-order valence-electron chi connectivity index (χ2n) is 6.31. The first-order chi connectivity index (χ1) is 12.0. The van der Waals surface area contributed by atoms with Crippen molar-refractivity contribution in [2.24, 2.45) is 0 Å². The Kier molecular flexibility index (Phi) is 5.25. The van der Waals surface area contributed by atoms with Crippen molar-refractivity contribution in [1.29, 1.82) is 0 Å². The number of likely N-dealkylation sites (tertiary alicyclic amines) is 1. The summed E-state index contributed by atoms with van der Waals surface area (Å²) >= 11 is 6.01. The first-order valence-electron chi connectivity index (χ1n) is 8.22. The van der Waals surface area contributed by atoms with Crippen molar-refractivity contribution in [3.05, 3.63) is 53.3 Å². The summed E-state index contributed by atoms with van der Waals surface area (Å²) in [6.07, 6.45) is 0.961. The molecule has 0 bridgehead atoms. The van der Waals surface area contributed by atoms with Crippen LogP contribution in [-0.4, -0.2) is 42.3 Å². The van der Waals surface area contributed by atoms with Gasteiger partial charge < -0.3 is 10.0 Å². The van der Waals surface area contributed by atoms with E-state index in [0.29, 0.717) is 28.4 Å². The number of amides is 1.